The van der Waals surface area contributed by atoms with E-state index >= 15 is 0 Å². The summed E-state index contributed by atoms with van der Waals surface area (Å²) in [6, 6.07) is 0. The molecule has 2 unspecified atom stereocenters. The molecule has 4 nitrogen and oxygen atoms in total. The first-order chi connectivity index (χ1) is 19.5. The van der Waals surface area contributed by atoms with Gasteiger partial charge in [-0.15, -0.1) is 0 Å². The minimum absolute atomic E-state index is 0.503. The standard InChI is InChI=1S/C36H70O4/c1-3-5-7-9-11-13-15-17-19-21-23-25-27-29-31-33(35(37)38)34(36(39)40)32-30-28-26-24-22-20-18-16-14-12-10-8-6-4-2/h33-34H,3-32H2,1-2H3,(H,37,38)(H,39,40). The summed E-state index contributed by atoms with van der Waals surface area (Å²) in [6.45, 7) is 4.53. The van der Waals surface area contributed by atoms with E-state index in [2.05, 4.69) is 13.8 Å². The number of hydrogen-bond donors (Lipinski definition) is 2. The van der Waals surface area contributed by atoms with Crippen molar-refractivity contribution >= 4 is 11.9 Å². The molecule has 0 rings (SSSR count). The number of carbonyl (C=O) groups is 2. The molecule has 0 saturated heterocycles. The number of carboxylic acids is 2. The van der Waals surface area contributed by atoms with E-state index in [1.54, 1.807) is 0 Å². The molecule has 0 aromatic rings. The van der Waals surface area contributed by atoms with E-state index in [9.17, 15) is 19.8 Å². The van der Waals surface area contributed by atoms with Crippen LogP contribution in [0.1, 0.15) is 206 Å². The first kappa shape index (κ1) is 38.9. The summed E-state index contributed by atoms with van der Waals surface area (Å²) in [5, 5.41) is 19.5. The molecular formula is C36H70O4. The zero-order valence-electron chi connectivity index (χ0n) is 27.1. The van der Waals surface area contributed by atoms with Gasteiger partial charge in [0.15, 0.2) is 0 Å². The van der Waals surface area contributed by atoms with E-state index in [4.69, 9.17) is 0 Å². The van der Waals surface area contributed by atoms with Crippen LogP contribution >= 0.6 is 0 Å². The predicted molar refractivity (Wildman–Crippen MR) is 172 cm³/mol. The molecular weight excluding hydrogens is 496 g/mol. The van der Waals surface area contributed by atoms with Crippen molar-refractivity contribution in [3.63, 3.8) is 0 Å². The largest absolute Gasteiger partial charge is 0.481 e. The first-order valence-corrected chi connectivity index (χ1v) is 18.0. The lowest BCUT2D eigenvalue weighted by Crippen LogP contribution is -2.30. The number of carboxylic acid groups (broad SMARTS) is 2. The number of rotatable bonds is 33. The Labute approximate surface area is 249 Å². The fourth-order valence-corrected chi connectivity index (χ4v) is 6.11. The van der Waals surface area contributed by atoms with Crippen molar-refractivity contribution in [1.29, 1.82) is 0 Å². The van der Waals surface area contributed by atoms with Crippen LogP contribution in [-0.4, -0.2) is 22.2 Å². The summed E-state index contributed by atoms with van der Waals surface area (Å²) in [5.41, 5.74) is 0. The van der Waals surface area contributed by atoms with Crippen LogP contribution in [0.4, 0.5) is 0 Å². The fraction of sp³-hybridized carbons (Fsp3) is 0.944. The Bertz CT molecular complexity index is 499. The second-order valence-corrected chi connectivity index (χ2v) is 12.7. The highest BCUT2D eigenvalue weighted by molar-refractivity contribution is 5.79. The second kappa shape index (κ2) is 30.9. The number of aliphatic carboxylic acids is 2. The lowest BCUT2D eigenvalue weighted by atomic mass is 9.84. The second-order valence-electron chi connectivity index (χ2n) is 12.7. The van der Waals surface area contributed by atoms with Crippen molar-refractivity contribution in [3.05, 3.63) is 0 Å². The number of unbranched alkanes of at least 4 members (excludes halogenated alkanes) is 26. The summed E-state index contributed by atoms with van der Waals surface area (Å²) in [6.07, 6.45) is 36.5. The van der Waals surface area contributed by atoms with Gasteiger partial charge in [-0.05, 0) is 12.8 Å². The molecule has 0 saturated carbocycles. The molecule has 0 aliphatic rings. The maximum absolute atomic E-state index is 11.9. The number of hydrogen-bond acceptors (Lipinski definition) is 2. The predicted octanol–water partition coefficient (Wildman–Crippen LogP) is 12.1. The van der Waals surface area contributed by atoms with Crippen LogP contribution in [0.5, 0.6) is 0 Å². The molecule has 4 heteroatoms. The highest BCUT2D eigenvalue weighted by Crippen LogP contribution is 2.26. The third kappa shape index (κ3) is 25.9. The van der Waals surface area contributed by atoms with Crippen molar-refractivity contribution in [3.8, 4) is 0 Å². The molecule has 0 spiro atoms. The smallest absolute Gasteiger partial charge is 0.307 e. The van der Waals surface area contributed by atoms with Gasteiger partial charge in [0, 0.05) is 0 Å². The van der Waals surface area contributed by atoms with Gasteiger partial charge in [-0.3, -0.25) is 9.59 Å². The molecule has 40 heavy (non-hydrogen) atoms. The normalized spacial score (nSPS) is 12.9. The van der Waals surface area contributed by atoms with Gasteiger partial charge in [-0.2, -0.15) is 0 Å². The minimum Gasteiger partial charge on any atom is -0.481 e. The van der Waals surface area contributed by atoms with Crippen LogP contribution in [0.25, 0.3) is 0 Å². The van der Waals surface area contributed by atoms with Gasteiger partial charge in [0.05, 0.1) is 11.8 Å². The maximum atomic E-state index is 11.9. The topological polar surface area (TPSA) is 74.6 Å². The van der Waals surface area contributed by atoms with E-state index in [0.717, 1.165) is 38.5 Å². The Morgan fingerprint density at radius 1 is 0.350 bits per heavy atom. The quantitative estimate of drug-likeness (QED) is 0.0775. The summed E-state index contributed by atoms with van der Waals surface area (Å²) < 4.78 is 0. The van der Waals surface area contributed by atoms with Crippen molar-refractivity contribution in [1.82, 2.24) is 0 Å². The third-order valence-electron chi connectivity index (χ3n) is 8.86. The Morgan fingerprint density at radius 2 is 0.525 bits per heavy atom. The van der Waals surface area contributed by atoms with Crippen LogP contribution < -0.4 is 0 Å². The average molecular weight is 567 g/mol. The molecule has 2 atom stereocenters. The van der Waals surface area contributed by atoms with Crippen LogP contribution in [0.3, 0.4) is 0 Å². The van der Waals surface area contributed by atoms with Gasteiger partial charge in [-0.25, -0.2) is 0 Å². The van der Waals surface area contributed by atoms with Crippen LogP contribution in [0, 0.1) is 11.8 Å². The highest BCUT2D eigenvalue weighted by atomic mass is 16.4. The van der Waals surface area contributed by atoms with Crippen molar-refractivity contribution in [2.45, 2.75) is 206 Å². The van der Waals surface area contributed by atoms with Gasteiger partial charge >= 0.3 is 11.9 Å². The summed E-state index contributed by atoms with van der Waals surface area (Å²) in [7, 11) is 0. The molecule has 238 valence electrons. The molecule has 2 N–H and O–H groups in total. The minimum atomic E-state index is -0.924. The summed E-state index contributed by atoms with van der Waals surface area (Å²) in [4.78, 5) is 23.8. The Hall–Kier alpha value is -1.06. The maximum Gasteiger partial charge on any atom is 0.307 e. The Balaban J connectivity index is 3.81. The van der Waals surface area contributed by atoms with E-state index in [-0.39, 0.29) is 0 Å². The summed E-state index contributed by atoms with van der Waals surface area (Å²) in [5.74, 6) is -3.33. The molecule has 0 bridgehead atoms. The van der Waals surface area contributed by atoms with E-state index < -0.39 is 23.8 Å². The molecule has 0 fully saturated rings. The van der Waals surface area contributed by atoms with Gasteiger partial charge in [0.1, 0.15) is 0 Å². The Morgan fingerprint density at radius 3 is 0.700 bits per heavy atom. The first-order valence-electron chi connectivity index (χ1n) is 18.0. The van der Waals surface area contributed by atoms with E-state index in [1.165, 1.54) is 141 Å². The monoisotopic (exact) mass is 567 g/mol. The van der Waals surface area contributed by atoms with E-state index in [1.807, 2.05) is 0 Å². The third-order valence-corrected chi connectivity index (χ3v) is 8.86. The molecule has 0 heterocycles. The fourth-order valence-electron chi connectivity index (χ4n) is 6.11. The summed E-state index contributed by atoms with van der Waals surface area (Å²) >= 11 is 0. The molecule has 0 amide bonds. The molecule has 0 radical (unpaired) electrons. The van der Waals surface area contributed by atoms with E-state index in [0.29, 0.717) is 12.8 Å². The van der Waals surface area contributed by atoms with Crippen molar-refractivity contribution in [2.24, 2.45) is 11.8 Å². The lowest BCUT2D eigenvalue weighted by Gasteiger charge is -2.20. The highest BCUT2D eigenvalue weighted by Gasteiger charge is 2.32. The molecule has 0 aliphatic heterocycles. The average Bonchev–Trinajstić information content (AvgIpc) is 2.93. The van der Waals surface area contributed by atoms with Gasteiger partial charge in [0.2, 0.25) is 0 Å². The Kier molecular flexibility index (Phi) is 30.1. The molecule has 0 aromatic carbocycles. The van der Waals surface area contributed by atoms with Crippen LogP contribution in [0.2, 0.25) is 0 Å². The SMILES string of the molecule is CCCCCCCCCCCCCCCCC(C(=O)O)C(CCCCCCCCCCCCCCCC)C(=O)O. The van der Waals surface area contributed by atoms with Crippen LogP contribution in [-0.2, 0) is 9.59 Å². The molecule has 0 aliphatic carbocycles. The van der Waals surface area contributed by atoms with Gasteiger partial charge in [0.25, 0.3) is 0 Å². The lowest BCUT2D eigenvalue weighted by molar-refractivity contribution is -0.154. The zero-order chi connectivity index (χ0) is 29.5. The van der Waals surface area contributed by atoms with Crippen LogP contribution in [0.15, 0.2) is 0 Å². The van der Waals surface area contributed by atoms with Crippen molar-refractivity contribution in [2.75, 3.05) is 0 Å². The van der Waals surface area contributed by atoms with Crippen molar-refractivity contribution < 1.29 is 19.8 Å². The molecule has 0 aromatic heterocycles. The van der Waals surface area contributed by atoms with Gasteiger partial charge < -0.3 is 10.2 Å². The van der Waals surface area contributed by atoms with Gasteiger partial charge in [-0.1, -0.05) is 194 Å². The zero-order valence-corrected chi connectivity index (χ0v) is 27.1.